The summed E-state index contributed by atoms with van der Waals surface area (Å²) in [4.78, 5) is 0. The summed E-state index contributed by atoms with van der Waals surface area (Å²) in [5.74, 6) is 22.8. The molecular weight excluding hydrogens is 552 g/mol. The first-order valence-electron chi connectivity index (χ1n) is 13.1. The van der Waals surface area contributed by atoms with Gasteiger partial charge in [-0.2, -0.15) is 0 Å². The van der Waals surface area contributed by atoms with E-state index in [2.05, 4.69) is 47.4 Å². The first kappa shape index (κ1) is 28.7. The van der Waals surface area contributed by atoms with Crippen LogP contribution in [0.4, 0.5) is 0 Å². The number of phenols is 6. The topological polar surface area (TPSA) is 121 Å². The Labute approximate surface area is 253 Å². The fraction of sp³-hybridized carbons (Fsp3) is 0. The number of benzene rings is 5. The number of phenolic OH excluding ortho intramolecular Hbond substituents is 6. The molecule has 0 amide bonds. The molecule has 0 unspecified atom stereocenters. The van der Waals surface area contributed by atoms with Gasteiger partial charge in [-0.15, -0.1) is 0 Å². The smallest absolute Gasteiger partial charge is 0.132 e. The molecule has 0 fully saturated rings. The van der Waals surface area contributed by atoms with Crippen molar-refractivity contribution in [2.24, 2.45) is 0 Å². The first-order valence-corrected chi connectivity index (χ1v) is 13.1. The van der Waals surface area contributed by atoms with Crippen molar-refractivity contribution >= 4 is 0 Å². The molecule has 0 aromatic heterocycles. The Morgan fingerprint density at radius 2 is 0.545 bits per heavy atom. The summed E-state index contributed by atoms with van der Waals surface area (Å²) in [5, 5.41) is 59.8. The fourth-order valence-corrected chi connectivity index (χ4v) is 3.86. The summed E-state index contributed by atoms with van der Waals surface area (Å²) in [6.07, 6.45) is 0. The van der Waals surface area contributed by atoms with E-state index in [1.165, 1.54) is 48.5 Å². The maximum atomic E-state index is 10.5. The van der Waals surface area contributed by atoms with Gasteiger partial charge in [0, 0.05) is 34.4 Å². The van der Waals surface area contributed by atoms with Crippen molar-refractivity contribution in [3.8, 4) is 81.9 Å². The van der Waals surface area contributed by atoms with E-state index < -0.39 is 0 Å². The zero-order valence-corrected chi connectivity index (χ0v) is 22.9. The molecule has 0 atom stereocenters. The number of hydrogen-bond donors (Lipinski definition) is 6. The van der Waals surface area contributed by atoms with E-state index in [4.69, 9.17) is 0 Å². The van der Waals surface area contributed by atoms with E-state index in [-0.39, 0.29) is 45.6 Å². The summed E-state index contributed by atoms with van der Waals surface area (Å²) in [5.41, 5.74) is 3.76. The largest absolute Gasteiger partial charge is 0.508 e. The molecule has 5 aromatic carbocycles. The monoisotopic (exact) mass is 574 g/mol. The minimum Gasteiger partial charge on any atom is -0.508 e. The Bertz CT molecular complexity index is 1980. The molecule has 0 spiro atoms. The normalized spacial score (nSPS) is 9.64. The maximum absolute atomic E-state index is 10.5. The highest BCUT2D eigenvalue weighted by Crippen LogP contribution is 2.26. The molecule has 0 aliphatic rings. The second kappa shape index (κ2) is 12.8. The van der Waals surface area contributed by atoms with Gasteiger partial charge in [-0.1, -0.05) is 47.4 Å². The Morgan fingerprint density at radius 1 is 0.273 bits per heavy atom. The molecule has 0 aliphatic carbocycles. The van der Waals surface area contributed by atoms with E-state index >= 15 is 0 Å². The molecule has 5 aromatic rings. The van der Waals surface area contributed by atoms with Gasteiger partial charge < -0.3 is 30.6 Å². The molecule has 6 N–H and O–H groups in total. The highest BCUT2D eigenvalue weighted by molar-refractivity contribution is 5.60. The van der Waals surface area contributed by atoms with Gasteiger partial charge in [0.2, 0.25) is 0 Å². The zero-order chi connectivity index (χ0) is 31.1. The Kier molecular flexibility index (Phi) is 8.31. The minimum atomic E-state index is -0.131. The Morgan fingerprint density at radius 3 is 0.841 bits per heavy atom. The summed E-state index contributed by atoms with van der Waals surface area (Å²) >= 11 is 0. The van der Waals surface area contributed by atoms with Gasteiger partial charge in [0.25, 0.3) is 0 Å². The van der Waals surface area contributed by atoms with Crippen LogP contribution in [0.25, 0.3) is 0 Å². The summed E-state index contributed by atoms with van der Waals surface area (Å²) < 4.78 is 0. The number of rotatable bonds is 0. The van der Waals surface area contributed by atoms with Crippen molar-refractivity contribution in [2.75, 3.05) is 0 Å². The predicted molar refractivity (Wildman–Crippen MR) is 166 cm³/mol. The van der Waals surface area contributed by atoms with Crippen LogP contribution in [0, 0.1) is 47.4 Å². The number of aromatic hydroxyl groups is 6. The molecule has 0 aliphatic heterocycles. The first-order chi connectivity index (χ1) is 21.2. The molecule has 0 saturated carbocycles. The summed E-state index contributed by atoms with van der Waals surface area (Å²) in [7, 11) is 0. The van der Waals surface area contributed by atoms with Gasteiger partial charge in [-0.05, 0) is 84.9 Å². The van der Waals surface area contributed by atoms with Crippen LogP contribution in [-0.2, 0) is 0 Å². The van der Waals surface area contributed by atoms with E-state index in [1.54, 1.807) is 48.5 Å². The lowest BCUT2D eigenvalue weighted by atomic mass is 10.1. The third-order valence-corrected chi connectivity index (χ3v) is 6.21. The van der Waals surface area contributed by atoms with Crippen molar-refractivity contribution in [2.45, 2.75) is 0 Å². The van der Waals surface area contributed by atoms with Crippen molar-refractivity contribution in [3.63, 3.8) is 0 Å². The lowest BCUT2D eigenvalue weighted by Crippen LogP contribution is -1.84. The SMILES string of the molecule is Oc1ccc(O)c(C#Cc2ccc(C#Cc3cc(O)c(C#Cc4ccc(C#Cc5cc(O)ccc5O)cc4)cc3O)cc2)c1. The standard InChI is InChI=1S/C38H22O6/c39-33-17-19-35(41)29(21-33)13-9-25-1-5-27(6-2-25)11-15-31-23-38(44)32(24-37(31)43)16-12-28-7-3-26(4-8-28)10-14-30-22-34(40)18-20-36(30)42/h1-8,17-24,39-44H. The van der Waals surface area contributed by atoms with Crippen LogP contribution in [0.5, 0.6) is 34.5 Å². The Balaban J connectivity index is 1.26. The van der Waals surface area contributed by atoms with E-state index in [0.717, 1.165) is 0 Å². The van der Waals surface area contributed by atoms with E-state index in [1.807, 2.05) is 0 Å². The second-order valence-electron chi connectivity index (χ2n) is 9.44. The van der Waals surface area contributed by atoms with Crippen LogP contribution in [-0.4, -0.2) is 30.6 Å². The predicted octanol–water partition coefficient (Wildman–Crippen LogP) is 5.52. The molecule has 5 rings (SSSR count). The minimum absolute atomic E-state index is 0.00981. The van der Waals surface area contributed by atoms with Gasteiger partial charge in [0.05, 0.1) is 22.3 Å². The molecule has 0 saturated heterocycles. The van der Waals surface area contributed by atoms with Crippen LogP contribution in [0.2, 0.25) is 0 Å². The molecule has 6 heteroatoms. The van der Waals surface area contributed by atoms with Crippen molar-refractivity contribution in [1.29, 1.82) is 0 Å². The van der Waals surface area contributed by atoms with E-state index in [9.17, 15) is 30.6 Å². The van der Waals surface area contributed by atoms with Gasteiger partial charge in [0.1, 0.15) is 34.5 Å². The van der Waals surface area contributed by atoms with Crippen LogP contribution >= 0.6 is 0 Å². The average molecular weight is 575 g/mol. The van der Waals surface area contributed by atoms with Gasteiger partial charge in [0.15, 0.2) is 0 Å². The van der Waals surface area contributed by atoms with Crippen molar-refractivity contribution < 1.29 is 30.6 Å². The lowest BCUT2D eigenvalue weighted by Gasteiger charge is -2.02. The highest BCUT2D eigenvalue weighted by Gasteiger charge is 2.06. The number of hydrogen-bond acceptors (Lipinski definition) is 6. The zero-order valence-electron chi connectivity index (χ0n) is 22.9. The van der Waals surface area contributed by atoms with E-state index in [0.29, 0.717) is 33.4 Å². The fourth-order valence-electron chi connectivity index (χ4n) is 3.86. The second-order valence-corrected chi connectivity index (χ2v) is 9.44. The summed E-state index contributed by atoms with van der Waals surface area (Å²) in [6.45, 7) is 0. The third kappa shape index (κ3) is 7.25. The third-order valence-electron chi connectivity index (χ3n) is 6.21. The molecule has 0 radical (unpaired) electrons. The van der Waals surface area contributed by atoms with Crippen molar-refractivity contribution in [3.05, 3.63) is 142 Å². The molecule has 210 valence electrons. The van der Waals surface area contributed by atoms with Crippen LogP contribution in [0.3, 0.4) is 0 Å². The molecule has 0 heterocycles. The van der Waals surface area contributed by atoms with Gasteiger partial charge in [-0.25, -0.2) is 0 Å². The van der Waals surface area contributed by atoms with Gasteiger partial charge in [-0.3, -0.25) is 0 Å². The van der Waals surface area contributed by atoms with Crippen LogP contribution in [0.15, 0.2) is 97.1 Å². The quantitative estimate of drug-likeness (QED) is 0.107. The molecule has 44 heavy (non-hydrogen) atoms. The summed E-state index contributed by atoms with van der Waals surface area (Å²) in [6, 6.07) is 25.0. The van der Waals surface area contributed by atoms with Crippen LogP contribution < -0.4 is 0 Å². The highest BCUT2D eigenvalue weighted by atomic mass is 16.3. The molecule has 6 nitrogen and oxygen atoms in total. The maximum Gasteiger partial charge on any atom is 0.132 e. The Hall–Kier alpha value is -6.86. The lowest BCUT2D eigenvalue weighted by molar-refractivity contribution is 0.457. The molecular formula is C38H22O6. The van der Waals surface area contributed by atoms with Crippen molar-refractivity contribution in [1.82, 2.24) is 0 Å². The average Bonchev–Trinajstić information content (AvgIpc) is 3.02. The van der Waals surface area contributed by atoms with Gasteiger partial charge >= 0.3 is 0 Å². The molecule has 0 bridgehead atoms. The van der Waals surface area contributed by atoms with Crippen LogP contribution in [0.1, 0.15) is 44.5 Å².